The van der Waals surface area contributed by atoms with Crippen molar-refractivity contribution in [3.05, 3.63) is 63.6 Å². The van der Waals surface area contributed by atoms with Crippen LogP contribution in [-0.2, 0) is 12.8 Å². The van der Waals surface area contributed by atoms with Gasteiger partial charge in [0.05, 0.1) is 0 Å². The first-order valence-electron chi connectivity index (χ1n) is 6.02. The van der Waals surface area contributed by atoms with Crippen molar-refractivity contribution >= 4 is 21.7 Å². The maximum Gasteiger partial charge on any atom is 0.185 e. The first kappa shape index (κ1) is 13.9. The van der Waals surface area contributed by atoms with Crippen LogP contribution in [0.3, 0.4) is 0 Å². The zero-order valence-corrected chi connectivity index (χ0v) is 12.1. The van der Waals surface area contributed by atoms with E-state index >= 15 is 0 Å². The summed E-state index contributed by atoms with van der Waals surface area (Å²) in [5, 5.41) is 0. The van der Waals surface area contributed by atoms with Crippen LogP contribution in [0.15, 0.2) is 41.0 Å². The molecule has 0 bridgehead atoms. The SMILES string of the molecule is CCc1cccnc1C(=O)Cc1cc(F)cc(Br)c1. The van der Waals surface area contributed by atoms with E-state index in [4.69, 9.17) is 0 Å². The summed E-state index contributed by atoms with van der Waals surface area (Å²) in [6, 6.07) is 8.19. The van der Waals surface area contributed by atoms with Gasteiger partial charge < -0.3 is 0 Å². The number of pyridine rings is 1. The Labute approximate surface area is 119 Å². The van der Waals surface area contributed by atoms with Crippen LogP contribution in [0.5, 0.6) is 0 Å². The molecule has 0 saturated carbocycles. The molecule has 0 fully saturated rings. The van der Waals surface area contributed by atoms with Gasteiger partial charge in [-0.15, -0.1) is 0 Å². The highest BCUT2D eigenvalue weighted by atomic mass is 79.9. The Hall–Kier alpha value is -1.55. The normalized spacial score (nSPS) is 10.5. The molecular weight excluding hydrogens is 309 g/mol. The average Bonchev–Trinajstić information content (AvgIpc) is 2.37. The van der Waals surface area contributed by atoms with Gasteiger partial charge in [-0.2, -0.15) is 0 Å². The minimum atomic E-state index is -0.353. The molecule has 1 aromatic carbocycles. The van der Waals surface area contributed by atoms with Gasteiger partial charge in [0.15, 0.2) is 5.78 Å². The minimum Gasteiger partial charge on any atom is -0.292 e. The van der Waals surface area contributed by atoms with E-state index in [1.54, 1.807) is 12.3 Å². The van der Waals surface area contributed by atoms with Crippen molar-refractivity contribution in [3.8, 4) is 0 Å². The van der Waals surface area contributed by atoms with Crippen molar-refractivity contribution in [1.29, 1.82) is 0 Å². The number of carbonyl (C=O) groups is 1. The summed E-state index contributed by atoms with van der Waals surface area (Å²) in [6.07, 6.45) is 2.51. The van der Waals surface area contributed by atoms with Crippen molar-refractivity contribution in [1.82, 2.24) is 4.98 Å². The van der Waals surface area contributed by atoms with E-state index in [2.05, 4.69) is 20.9 Å². The monoisotopic (exact) mass is 321 g/mol. The molecule has 0 aliphatic rings. The van der Waals surface area contributed by atoms with Crippen LogP contribution >= 0.6 is 15.9 Å². The van der Waals surface area contributed by atoms with Gasteiger partial charge in [0.1, 0.15) is 11.5 Å². The Bertz CT molecular complexity index is 593. The molecule has 0 aliphatic heterocycles. The number of hydrogen-bond acceptors (Lipinski definition) is 2. The topological polar surface area (TPSA) is 30.0 Å². The third-order valence-corrected chi connectivity index (χ3v) is 3.28. The molecule has 0 atom stereocenters. The van der Waals surface area contributed by atoms with Crippen molar-refractivity contribution in [3.63, 3.8) is 0 Å². The van der Waals surface area contributed by atoms with Gasteiger partial charge in [-0.05, 0) is 41.8 Å². The van der Waals surface area contributed by atoms with Crippen LogP contribution in [0, 0.1) is 5.82 Å². The molecule has 1 heterocycles. The first-order chi connectivity index (χ1) is 9.10. The molecule has 0 radical (unpaired) electrons. The molecule has 2 rings (SSSR count). The van der Waals surface area contributed by atoms with Crippen LogP contribution in [-0.4, -0.2) is 10.8 Å². The summed E-state index contributed by atoms with van der Waals surface area (Å²) >= 11 is 3.22. The fraction of sp³-hybridized carbons (Fsp3) is 0.200. The molecule has 0 spiro atoms. The average molecular weight is 322 g/mol. The minimum absolute atomic E-state index is 0.0880. The van der Waals surface area contributed by atoms with Gasteiger partial charge in [-0.1, -0.05) is 28.9 Å². The highest BCUT2D eigenvalue weighted by molar-refractivity contribution is 9.10. The van der Waals surface area contributed by atoms with Crippen LogP contribution in [0.2, 0.25) is 0 Å². The molecule has 0 saturated heterocycles. The fourth-order valence-electron chi connectivity index (χ4n) is 1.96. The van der Waals surface area contributed by atoms with Gasteiger partial charge in [-0.25, -0.2) is 4.39 Å². The number of carbonyl (C=O) groups excluding carboxylic acids is 1. The van der Waals surface area contributed by atoms with E-state index in [0.29, 0.717) is 15.7 Å². The summed E-state index contributed by atoms with van der Waals surface area (Å²) in [5.41, 5.74) is 2.04. The molecule has 1 aromatic heterocycles. The summed E-state index contributed by atoms with van der Waals surface area (Å²) < 4.78 is 13.9. The number of nitrogens with zero attached hydrogens (tertiary/aromatic N) is 1. The third kappa shape index (κ3) is 3.47. The van der Waals surface area contributed by atoms with Crippen LogP contribution in [0.4, 0.5) is 4.39 Å². The molecule has 2 aromatic rings. The lowest BCUT2D eigenvalue weighted by molar-refractivity contribution is 0.0987. The summed E-state index contributed by atoms with van der Waals surface area (Å²) in [4.78, 5) is 16.4. The fourth-order valence-corrected chi connectivity index (χ4v) is 2.47. The molecule has 98 valence electrons. The Kier molecular flexibility index (Phi) is 4.43. The van der Waals surface area contributed by atoms with Gasteiger partial charge in [-0.3, -0.25) is 9.78 Å². The maximum absolute atomic E-state index is 13.3. The van der Waals surface area contributed by atoms with Crippen LogP contribution in [0.1, 0.15) is 28.5 Å². The van der Waals surface area contributed by atoms with Gasteiger partial charge in [0, 0.05) is 17.1 Å². The van der Waals surface area contributed by atoms with Crippen molar-refractivity contribution in [2.24, 2.45) is 0 Å². The predicted octanol–water partition coefficient (Wildman–Crippen LogP) is 3.97. The van der Waals surface area contributed by atoms with Gasteiger partial charge in [0.2, 0.25) is 0 Å². The lowest BCUT2D eigenvalue weighted by Gasteiger charge is -2.06. The Morgan fingerprint density at radius 2 is 2.16 bits per heavy atom. The quantitative estimate of drug-likeness (QED) is 0.797. The van der Waals surface area contributed by atoms with Crippen molar-refractivity contribution in [2.45, 2.75) is 19.8 Å². The Morgan fingerprint density at radius 3 is 2.84 bits per heavy atom. The largest absolute Gasteiger partial charge is 0.292 e. The molecule has 0 N–H and O–H groups in total. The number of Topliss-reactive ketones (excluding diaryl/α,β-unsaturated/α-hetero) is 1. The molecular formula is C15H13BrFNO. The number of hydrogen-bond donors (Lipinski definition) is 0. The second-order valence-corrected chi connectivity index (χ2v) is 5.16. The van der Waals surface area contributed by atoms with E-state index in [1.807, 2.05) is 19.1 Å². The second kappa shape index (κ2) is 6.06. The molecule has 2 nitrogen and oxygen atoms in total. The zero-order chi connectivity index (χ0) is 13.8. The summed E-state index contributed by atoms with van der Waals surface area (Å²) in [6.45, 7) is 1.98. The van der Waals surface area contributed by atoms with Crippen molar-refractivity contribution < 1.29 is 9.18 Å². The smallest absolute Gasteiger partial charge is 0.185 e. The molecule has 0 unspecified atom stereocenters. The molecule has 4 heteroatoms. The molecule has 0 amide bonds. The lowest BCUT2D eigenvalue weighted by atomic mass is 10.0. The summed E-state index contributed by atoms with van der Waals surface area (Å²) in [5.74, 6) is -0.441. The highest BCUT2D eigenvalue weighted by Crippen LogP contribution is 2.17. The number of ketones is 1. The first-order valence-corrected chi connectivity index (χ1v) is 6.81. The Balaban J connectivity index is 2.25. The van der Waals surface area contributed by atoms with E-state index in [0.717, 1.165) is 12.0 Å². The van der Waals surface area contributed by atoms with Crippen LogP contribution < -0.4 is 0 Å². The zero-order valence-electron chi connectivity index (χ0n) is 10.5. The second-order valence-electron chi connectivity index (χ2n) is 4.24. The third-order valence-electron chi connectivity index (χ3n) is 2.82. The number of benzene rings is 1. The van der Waals surface area contributed by atoms with E-state index in [-0.39, 0.29) is 18.0 Å². The van der Waals surface area contributed by atoms with E-state index < -0.39 is 0 Å². The maximum atomic E-state index is 13.3. The van der Waals surface area contributed by atoms with Gasteiger partial charge in [0.25, 0.3) is 0 Å². The number of rotatable bonds is 4. The molecule has 0 aliphatic carbocycles. The predicted molar refractivity (Wildman–Crippen MR) is 75.7 cm³/mol. The van der Waals surface area contributed by atoms with Crippen molar-refractivity contribution in [2.75, 3.05) is 0 Å². The standard InChI is InChI=1S/C15H13BrFNO/c1-2-11-4-3-5-18-15(11)14(19)8-10-6-12(16)9-13(17)7-10/h3-7,9H,2,8H2,1H3. The summed E-state index contributed by atoms with van der Waals surface area (Å²) in [7, 11) is 0. The Morgan fingerprint density at radius 1 is 1.37 bits per heavy atom. The number of aromatic nitrogens is 1. The number of halogens is 2. The highest BCUT2D eigenvalue weighted by Gasteiger charge is 2.13. The van der Waals surface area contributed by atoms with Crippen LogP contribution in [0.25, 0.3) is 0 Å². The number of aryl methyl sites for hydroxylation is 1. The lowest BCUT2D eigenvalue weighted by Crippen LogP contribution is -2.09. The van der Waals surface area contributed by atoms with E-state index in [1.165, 1.54) is 12.1 Å². The molecule has 19 heavy (non-hydrogen) atoms. The van der Waals surface area contributed by atoms with Gasteiger partial charge >= 0.3 is 0 Å². The van der Waals surface area contributed by atoms with E-state index in [9.17, 15) is 9.18 Å².